The summed E-state index contributed by atoms with van der Waals surface area (Å²) in [7, 11) is 1.78. The lowest BCUT2D eigenvalue weighted by atomic mass is 10.2. The van der Waals surface area contributed by atoms with Gasteiger partial charge in [0.05, 0.1) is 11.6 Å². The smallest absolute Gasteiger partial charge is 0.271 e. The average Bonchev–Trinajstić information content (AvgIpc) is 3.41. The largest absolute Gasteiger partial charge is 0.297 e. The number of nitrogens with zero attached hydrogens (tertiary/aromatic N) is 6. The first-order chi connectivity index (χ1) is 13.2. The summed E-state index contributed by atoms with van der Waals surface area (Å²) >= 11 is 4.74. The van der Waals surface area contributed by atoms with Crippen molar-refractivity contribution in [2.24, 2.45) is 7.05 Å². The summed E-state index contributed by atoms with van der Waals surface area (Å²) in [6, 6.07) is 6.02. The van der Waals surface area contributed by atoms with Gasteiger partial charge in [0.2, 0.25) is 0 Å². The van der Waals surface area contributed by atoms with E-state index >= 15 is 0 Å². The van der Waals surface area contributed by atoms with Crippen molar-refractivity contribution in [2.45, 2.75) is 16.4 Å². The summed E-state index contributed by atoms with van der Waals surface area (Å²) in [5.74, 6) is 2.56. The lowest BCUT2D eigenvalue weighted by Gasteiger charge is -2.15. The number of hydrogen-bond acceptors (Lipinski definition) is 8. The third-order valence-electron chi connectivity index (χ3n) is 4.41. The van der Waals surface area contributed by atoms with E-state index in [0.717, 1.165) is 38.7 Å². The third-order valence-corrected chi connectivity index (χ3v) is 7.56. The molecule has 10 heteroatoms. The Labute approximate surface area is 166 Å². The molecule has 5 rings (SSSR count). The lowest BCUT2D eigenvalue weighted by molar-refractivity contribution is 0.595. The van der Waals surface area contributed by atoms with Crippen LogP contribution in [0.1, 0.15) is 6.04 Å². The topological polar surface area (TPSA) is 78.5 Å². The van der Waals surface area contributed by atoms with Crippen molar-refractivity contribution < 1.29 is 0 Å². The molecule has 1 unspecified atom stereocenters. The molecule has 0 aliphatic carbocycles. The summed E-state index contributed by atoms with van der Waals surface area (Å²) in [5.41, 5.74) is 1.74. The summed E-state index contributed by atoms with van der Waals surface area (Å²) in [6.45, 7) is 0. The maximum absolute atomic E-state index is 12.5. The van der Waals surface area contributed by atoms with Gasteiger partial charge in [-0.15, -0.1) is 21.5 Å². The van der Waals surface area contributed by atoms with Crippen molar-refractivity contribution in [1.29, 1.82) is 0 Å². The second-order valence-electron chi connectivity index (χ2n) is 6.09. The van der Waals surface area contributed by atoms with Crippen LogP contribution in [0.15, 0.2) is 51.1 Å². The van der Waals surface area contributed by atoms with Gasteiger partial charge in [-0.2, -0.15) is 0 Å². The highest BCUT2D eigenvalue weighted by molar-refractivity contribution is 8.00. The molecule has 27 heavy (non-hydrogen) atoms. The van der Waals surface area contributed by atoms with E-state index < -0.39 is 0 Å². The monoisotopic (exact) mass is 414 g/mol. The van der Waals surface area contributed by atoms with Gasteiger partial charge < -0.3 is 0 Å². The van der Waals surface area contributed by atoms with Crippen molar-refractivity contribution in [1.82, 2.24) is 29.3 Å². The molecule has 136 valence electrons. The van der Waals surface area contributed by atoms with Crippen molar-refractivity contribution in [3.63, 3.8) is 0 Å². The predicted octanol–water partition coefficient (Wildman–Crippen LogP) is 3.09. The van der Waals surface area contributed by atoms with Gasteiger partial charge in [0.15, 0.2) is 16.1 Å². The Kier molecular flexibility index (Phi) is 4.25. The Morgan fingerprint density at radius 1 is 1.33 bits per heavy atom. The summed E-state index contributed by atoms with van der Waals surface area (Å²) in [5, 5.41) is 12.2. The molecule has 0 fully saturated rings. The minimum Gasteiger partial charge on any atom is -0.297 e. The molecule has 5 heterocycles. The van der Waals surface area contributed by atoms with E-state index in [4.69, 9.17) is 0 Å². The van der Waals surface area contributed by atoms with Crippen LogP contribution in [0.3, 0.4) is 0 Å². The molecular weight excluding hydrogens is 400 g/mol. The van der Waals surface area contributed by atoms with Gasteiger partial charge in [0.1, 0.15) is 4.70 Å². The van der Waals surface area contributed by atoms with Crippen molar-refractivity contribution in [2.75, 3.05) is 11.5 Å². The first kappa shape index (κ1) is 17.0. The molecule has 0 bridgehead atoms. The van der Waals surface area contributed by atoms with E-state index in [9.17, 15) is 4.79 Å². The van der Waals surface area contributed by atoms with E-state index in [1.165, 1.54) is 11.3 Å². The molecule has 1 aliphatic rings. The van der Waals surface area contributed by atoms with E-state index in [1.54, 1.807) is 47.5 Å². The number of rotatable bonds is 4. The predicted molar refractivity (Wildman–Crippen MR) is 109 cm³/mol. The number of thioether (sulfide) groups is 2. The number of pyridine rings is 1. The van der Waals surface area contributed by atoms with Crippen molar-refractivity contribution in [3.05, 3.63) is 46.3 Å². The zero-order valence-corrected chi connectivity index (χ0v) is 16.7. The minimum absolute atomic E-state index is 0.0133. The van der Waals surface area contributed by atoms with Gasteiger partial charge in [0.25, 0.3) is 5.56 Å². The van der Waals surface area contributed by atoms with Crippen LogP contribution in [0, 0.1) is 0 Å². The van der Waals surface area contributed by atoms with Gasteiger partial charge >= 0.3 is 0 Å². The fourth-order valence-corrected chi connectivity index (χ4v) is 6.12. The third kappa shape index (κ3) is 2.88. The number of thiophene rings is 1. The van der Waals surface area contributed by atoms with Gasteiger partial charge in [-0.3, -0.25) is 18.9 Å². The van der Waals surface area contributed by atoms with Gasteiger partial charge in [-0.25, -0.2) is 4.98 Å². The van der Waals surface area contributed by atoms with Crippen LogP contribution in [-0.2, 0) is 7.05 Å². The maximum atomic E-state index is 12.5. The zero-order valence-electron chi connectivity index (χ0n) is 14.3. The quantitative estimate of drug-likeness (QED) is 0.375. The van der Waals surface area contributed by atoms with Crippen LogP contribution in [0.5, 0.6) is 0 Å². The highest BCUT2D eigenvalue weighted by Gasteiger charge is 2.29. The number of aromatic nitrogens is 6. The summed E-state index contributed by atoms with van der Waals surface area (Å²) in [4.78, 5) is 21.3. The van der Waals surface area contributed by atoms with E-state index in [0.29, 0.717) is 4.70 Å². The fraction of sp³-hybridized carbons (Fsp3) is 0.235. The Morgan fingerprint density at radius 3 is 3.11 bits per heavy atom. The molecule has 7 nitrogen and oxygen atoms in total. The molecule has 0 aromatic carbocycles. The van der Waals surface area contributed by atoms with E-state index in [-0.39, 0.29) is 11.6 Å². The number of fused-ring (bicyclic) bond motifs is 2. The van der Waals surface area contributed by atoms with Gasteiger partial charge in [-0.05, 0) is 23.6 Å². The maximum Gasteiger partial charge on any atom is 0.271 e. The highest BCUT2D eigenvalue weighted by Crippen LogP contribution is 2.38. The second kappa shape index (κ2) is 6.77. The molecule has 0 N–H and O–H groups in total. The van der Waals surface area contributed by atoms with Crippen LogP contribution in [0.4, 0.5) is 0 Å². The standard InChI is InChI=1S/C17H14N6OS3/c1-22-15(24)13-12(4-6-25-13)19-16(22)26-8-11-9-27-17-21-20-14(23(11)17)10-3-2-5-18-7-10/h2-7,11H,8-9H2,1H3. The van der Waals surface area contributed by atoms with E-state index in [1.807, 2.05) is 23.6 Å². The summed E-state index contributed by atoms with van der Waals surface area (Å²) in [6.07, 6.45) is 3.56. The second-order valence-corrected chi connectivity index (χ2v) is 8.98. The Bertz CT molecular complexity index is 1180. The Morgan fingerprint density at radius 2 is 2.26 bits per heavy atom. The molecule has 0 saturated carbocycles. The average molecular weight is 415 g/mol. The molecule has 0 spiro atoms. The highest BCUT2D eigenvalue weighted by atomic mass is 32.2. The van der Waals surface area contributed by atoms with Crippen molar-refractivity contribution in [3.8, 4) is 11.4 Å². The molecular formula is C17H14N6OS3. The molecule has 1 aliphatic heterocycles. The summed E-state index contributed by atoms with van der Waals surface area (Å²) < 4.78 is 4.52. The molecule has 1 atom stereocenters. The minimum atomic E-state index is 0.0133. The van der Waals surface area contributed by atoms with Crippen LogP contribution in [0.2, 0.25) is 0 Å². The molecule has 4 aromatic heterocycles. The molecule has 0 saturated heterocycles. The normalized spacial score (nSPS) is 16.1. The zero-order chi connectivity index (χ0) is 18.4. The lowest BCUT2D eigenvalue weighted by Crippen LogP contribution is -2.20. The Balaban J connectivity index is 1.44. The van der Waals surface area contributed by atoms with Crippen LogP contribution in [0.25, 0.3) is 21.6 Å². The fourth-order valence-electron chi connectivity index (χ4n) is 3.03. The van der Waals surface area contributed by atoms with E-state index in [2.05, 4.69) is 24.7 Å². The van der Waals surface area contributed by atoms with Crippen LogP contribution < -0.4 is 5.56 Å². The Hall–Kier alpha value is -2.17. The van der Waals surface area contributed by atoms with Gasteiger partial charge in [0, 0.05) is 36.5 Å². The van der Waals surface area contributed by atoms with Gasteiger partial charge in [-0.1, -0.05) is 23.5 Å². The first-order valence-electron chi connectivity index (χ1n) is 8.27. The van der Waals surface area contributed by atoms with Crippen LogP contribution >= 0.6 is 34.9 Å². The van der Waals surface area contributed by atoms with Crippen LogP contribution in [-0.4, -0.2) is 40.8 Å². The number of hydrogen-bond donors (Lipinski definition) is 0. The molecule has 0 amide bonds. The van der Waals surface area contributed by atoms with Crippen molar-refractivity contribution >= 4 is 45.1 Å². The molecule has 0 radical (unpaired) electrons. The SMILES string of the molecule is Cn1c(SCC2CSc3nnc(-c4cccnc4)n32)nc2ccsc2c1=O. The first-order valence-corrected chi connectivity index (χ1v) is 11.1. The molecule has 4 aromatic rings.